The summed E-state index contributed by atoms with van der Waals surface area (Å²) in [5.74, 6) is 0.0558. The van der Waals surface area contributed by atoms with E-state index in [-0.39, 0.29) is 24.1 Å². The molecule has 0 spiro atoms. The van der Waals surface area contributed by atoms with Gasteiger partial charge in [-0.25, -0.2) is 4.39 Å². The molecule has 1 saturated heterocycles. The molecule has 1 aliphatic rings. The van der Waals surface area contributed by atoms with Crippen LogP contribution >= 0.6 is 12.4 Å². The first-order valence-electron chi connectivity index (χ1n) is 7.88. The van der Waals surface area contributed by atoms with Crippen molar-refractivity contribution in [2.24, 2.45) is 0 Å². The van der Waals surface area contributed by atoms with Gasteiger partial charge in [-0.05, 0) is 54.1 Å². The summed E-state index contributed by atoms with van der Waals surface area (Å²) in [6.07, 6.45) is 2.58. The molecule has 134 valence electrons. The maximum Gasteiger partial charge on any atom is 0.272 e. The zero-order valence-corrected chi connectivity index (χ0v) is 14.7. The first-order valence-corrected chi connectivity index (χ1v) is 7.88. The summed E-state index contributed by atoms with van der Waals surface area (Å²) in [6, 6.07) is 5.95. The highest BCUT2D eigenvalue weighted by molar-refractivity contribution is 6.18. The van der Waals surface area contributed by atoms with Crippen LogP contribution in [-0.2, 0) is 4.79 Å². The minimum atomic E-state index is -0.322. The first kappa shape index (κ1) is 19.0. The molecule has 1 aliphatic heterocycles. The highest BCUT2D eigenvalue weighted by atomic mass is 35.5. The lowest BCUT2D eigenvalue weighted by molar-refractivity contribution is -0.125. The van der Waals surface area contributed by atoms with Crippen LogP contribution in [0.5, 0.6) is 0 Å². The van der Waals surface area contributed by atoms with Gasteiger partial charge in [-0.1, -0.05) is 12.1 Å². The molecule has 0 bridgehead atoms. The van der Waals surface area contributed by atoms with Gasteiger partial charge >= 0.3 is 0 Å². The number of amides is 1. The van der Waals surface area contributed by atoms with Crippen LogP contribution in [0.15, 0.2) is 24.3 Å². The average molecular weight is 367 g/mol. The number of hydrogen-bond acceptors (Lipinski definition) is 5. The van der Waals surface area contributed by atoms with E-state index in [1.54, 1.807) is 30.0 Å². The van der Waals surface area contributed by atoms with Crippen molar-refractivity contribution in [3.05, 3.63) is 41.5 Å². The van der Waals surface area contributed by atoms with Gasteiger partial charge in [0, 0.05) is 19.6 Å². The largest absolute Gasteiger partial charge is 0.336 e. The van der Waals surface area contributed by atoms with Crippen LogP contribution in [-0.4, -0.2) is 57.2 Å². The minimum Gasteiger partial charge on any atom is -0.336 e. The summed E-state index contributed by atoms with van der Waals surface area (Å²) in [6.45, 7) is 4.68. The van der Waals surface area contributed by atoms with Gasteiger partial charge in [0.2, 0.25) is 0 Å². The van der Waals surface area contributed by atoms with Crippen LogP contribution in [0.2, 0.25) is 0 Å². The molecule has 7 nitrogen and oxygen atoms in total. The maximum atomic E-state index is 13.1. The number of rotatable bonds is 3. The summed E-state index contributed by atoms with van der Waals surface area (Å²) in [7, 11) is 0. The highest BCUT2D eigenvalue weighted by Crippen LogP contribution is 2.16. The van der Waals surface area contributed by atoms with E-state index in [1.165, 1.54) is 16.8 Å². The second kappa shape index (κ2) is 8.68. The lowest BCUT2D eigenvalue weighted by atomic mass is 10.1. The number of carbonyl (C=O) groups is 1. The molecule has 1 fully saturated rings. The number of aromatic nitrogens is 4. The average Bonchev–Trinajstić information content (AvgIpc) is 2.85. The van der Waals surface area contributed by atoms with Gasteiger partial charge in [-0.15, -0.1) is 17.5 Å². The number of hydrogen-bond donors (Lipinski definition) is 1. The fourth-order valence-corrected chi connectivity index (χ4v) is 2.60. The number of carbonyl (C=O) groups excluding carboxylic acids is 1. The van der Waals surface area contributed by atoms with E-state index >= 15 is 0 Å². The van der Waals surface area contributed by atoms with Crippen LogP contribution in [0.4, 0.5) is 4.39 Å². The molecule has 0 radical (unpaired) electrons. The zero-order chi connectivity index (χ0) is 16.9. The lowest BCUT2D eigenvalue weighted by Crippen LogP contribution is -2.36. The van der Waals surface area contributed by atoms with Crippen LogP contribution in [0.1, 0.15) is 17.8 Å². The Hall–Kier alpha value is -2.32. The number of benzene rings is 1. The molecule has 2 aromatic rings. The number of nitrogens with zero attached hydrogens (tertiary/aromatic N) is 5. The van der Waals surface area contributed by atoms with Gasteiger partial charge in [0.15, 0.2) is 5.82 Å². The monoisotopic (exact) mass is 366 g/mol. The van der Waals surface area contributed by atoms with E-state index in [9.17, 15) is 9.18 Å². The normalized spacial score (nSPS) is 15.4. The summed E-state index contributed by atoms with van der Waals surface area (Å²) >= 11 is 0. The zero-order valence-electron chi connectivity index (χ0n) is 13.9. The van der Waals surface area contributed by atoms with E-state index in [1.807, 2.05) is 0 Å². The first-order chi connectivity index (χ1) is 11.6. The fraction of sp³-hybridized carbons (Fsp3) is 0.375. The van der Waals surface area contributed by atoms with E-state index in [0.717, 1.165) is 19.5 Å². The second-order valence-electron chi connectivity index (χ2n) is 5.61. The van der Waals surface area contributed by atoms with Gasteiger partial charge in [-0.2, -0.15) is 4.68 Å². The lowest BCUT2D eigenvalue weighted by Gasteiger charge is -2.21. The van der Waals surface area contributed by atoms with Crippen molar-refractivity contribution in [2.75, 3.05) is 26.2 Å². The van der Waals surface area contributed by atoms with E-state index in [4.69, 9.17) is 0 Å². The van der Waals surface area contributed by atoms with E-state index in [2.05, 4.69) is 20.8 Å². The molecule has 0 aliphatic carbocycles. The molecule has 3 rings (SSSR count). The topological polar surface area (TPSA) is 75.9 Å². The predicted octanol–water partition coefficient (Wildman–Crippen LogP) is 1.36. The van der Waals surface area contributed by atoms with Crippen molar-refractivity contribution in [2.45, 2.75) is 13.3 Å². The molecule has 1 amide bonds. The molecular weight excluding hydrogens is 347 g/mol. The molecule has 0 saturated carbocycles. The van der Waals surface area contributed by atoms with Crippen LogP contribution < -0.4 is 5.32 Å². The number of tetrazole rings is 1. The quantitative estimate of drug-likeness (QED) is 0.830. The Kier molecular flexibility index (Phi) is 6.60. The SMILES string of the molecule is Cc1nnnn1C(=Cc1ccc(F)cc1)C(=O)N1CCCNCC1.Cl. The van der Waals surface area contributed by atoms with Gasteiger partial charge < -0.3 is 10.2 Å². The third-order valence-electron chi connectivity index (χ3n) is 3.87. The van der Waals surface area contributed by atoms with Gasteiger partial charge in [0.05, 0.1) is 0 Å². The number of halogens is 2. The highest BCUT2D eigenvalue weighted by Gasteiger charge is 2.23. The molecule has 9 heteroatoms. The van der Waals surface area contributed by atoms with Gasteiger partial charge in [0.1, 0.15) is 11.5 Å². The Balaban J connectivity index is 0.00000225. The fourth-order valence-electron chi connectivity index (χ4n) is 2.60. The van der Waals surface area contributed by atoms with Gasteiger partial charge in [0.25, 0.3) is 5.91 Å². The third kappa shape index (κ3) is 4.61. The van der Waals surface area contributed by atoms with Crippen LogP contribution in [0.25, 0.3) is 11.8 Å². The second-order valence-corrected chi connectivity index (χ2v) is 5.61. The van der Waals surface area contributed by atoms with E-state index in [0.29, 0.717) is 30.2 Å². The summed E-state index contributed by atoms with van der Waals surface area (Å²) in [5.41, 5.74) is 1.06. The predicted molar refractivity (Wildman–Crippen MR) is 94.4 cm³/mol. The van der Waals surface area contributed by atoms with Crippen LogP contribution in [0.3, 0.4) is 0 Å². The molecule has 25 heavy (non-hydrogen) atoms. The molecular formula is C16H20ClFN6O. The molecule has 1 N–H and O–H groups in total. The van der Waals surface area contributed by atoms with Crippen molar-refractivity contribution < 1.29 is 9.18 Å². The molecule has 0 atom stereocenters. The standard InChI is InChI=1S/C16H19FN6O.ClH/c1-12-19-20-21-23(12)15(11-13-3-5-14(17)6-4-13)16(24)22-9-2-7-18-8-10-22;/h3-6,11,18H,2,7-10H2,1H3;1H. The number of aryl methyl sites for hydroxylation is 1. The molecule has 1 aromatic carbocycles. The van der Waals surface area contributed by atoms with Crippen LogP contribution in [0, 0.1) is 12.7 Å². The summed E-state index contributed by atoms with van der Waals surface area (Å²) in [4.78, 5) is 14.8. The molecule has 2 heterocycles. The number of nitrogens with one attached hydrogen (secondary N) is 1. The Morgan fingerprint density at radius 1 is 1.24 bits per heavy atom. The smallest absolute Gasteiger partial charge is 0.272 e. The Bertz CT molecular complexity index is 737. The van der Waals surface area contributed by atoms with Crippen molar-refractivity contribution >= 4 is 30.1 Å². The van der Waals surface area contributed by atoms with Gasteiger partial charge in [-0.3, -0.25) is 4.79 Å². The molecule has 0 unspecified atom stereocenters. The van der Waals surface area contributed by atoms with Crippen molar-refractivity contribution in [1.82, 2.24) is 30.4 Å². The Morgan fingerprint density at radius 3 is 2.68 bits per heavy atom. The molecule has 1 aromatic heterocycles. The summed E-state index contributed by atoms with van der Waals surface area (Å²) in [5, 5.41) is 14.7. The Labute approximate surface area is 151 Å². The minimum absolute atomic E-state index is 0. The summed E-state index contributed by atoms with van der Waals surface area (Å²) < 4.78 is 14.5. The van der Waals surface area contributed by atoms with Crippen molar-refractivity contribution in [3.8, 4) is 0 Å². The van der Waals surface area contributed by atoms with Crippen molar-refractivity contribution in [3.63, 3.8) is 0 Å². The maximum absolute atomic E-state index is 13.1. The van der Waals surface area contributed by atoms with E-state index < -0.39 is 0 Å². The third-order valence-corrected chi connectivity index (χ3v) is 3.87. The Morgan fingerprint density at radius 2 is 2.00 bits per heavy atom. The van der Waals surface area contributed by atoms with Crippen molar-refractivity contribution in [1.29, 1.82) is 0 Å².